The molecule has 1 fully saturated rings. The number of nitrogens with zero attached hydrogens (tertiary/aromatic N) is 3. The van der Waals surface area contributed by atoms with E-state index in [1.165, 1.54) is 12.8 Å². The molecule has 1 aromatic heterocycles. The maximum absolute atomic E-state index is 12.7. The Bertz CT molecular complexity index is 416. The van der Waals surface area contributed by atoms with Crippen LogP contribution in [-0.4, -0.2) is 39.1 Å². The number of hydrogen-bond acceptors (Lipinski definition) is 3. The Morgan fingerprint density at radius 3 is 2.67 bits per heavy atom. The second-order valence-electron chi connectivity index (χ2n) is 5.52. The lowest BCUT2D eigenvalue weighted by molar-refractivity contribution is 0.0690. The number of aromatic nitrogens is 2. The maximum Gasteiger partial charge on any atom is 0.200 e. The minimum absolute atomic E-state index is 0.190. The van der Waals surface area contributed by atoms with Crippen LogP contribution in [0.2, 0.25) is 0 Å². The van der Waals surface area contributed by atoms with Crippen LogP contribution in [0.3, 0.4) is 0 Å². The van der Waals surface area contributed by atoms with Gasteiger partial charge in [-0.25, -0.2) is 0 Å². The quantitative estimate of drug-likeness (QED) is 0.752. The predicted molar refractivity (Wildman–Crippen MR) is 71.7 cm³/mol. The average Bonchev–Trinajstić information content (AvgIpc) is 2.99. The van der Waals surface area contributed by atoms with Gasteiger partial charge in [-0.3, -0.25) is 14.4 Å². The normalized spacial score (nSPS) is 17.3. The first kappa shape index (κ1) is 13.3. The van der Waals surface area contributed by atoms with Crippen molar-refractivity contribution >= 4 is 5.78 Å². The van der Waals surface area contributed by atoms with Crippen molar-refractivity contribution in [1.82, 2.24) is 14.7 Å². The lowest BCUT2D eigenvalue weighted by Gasteiger charge is -2.33. The van der Waals surface area contributed by atoms with Crippen molar-refractivity contribution in [3.63, 3.8) is 0 Å². The van der Waals surface area contributed by atoms with Crippen molar-refractivity contribution in [3.8, 4) is 0 Å². The van der Waals surface area contributed by atoms with E-state index in [0.717, 1.165) is 31.7 Å². The van der Waals surface area contributed by atoms with E-state index in [9.17, 15) is 4.79 Å². The monoisotopic (exact) mass is 249 g/mol. The molecule has 4 heteroatoms. The third-order valence-electron chi connectivity index (χ3n) is 3.84. The van der Waals surface area contributed by atoms with E-state index in [4.69, 9.17) is 0 Å². The molecule has 0 N–H and O–H groups in total. The zero-order valence-electron chi connectivity index (χ0n) is 11.6. The first-order valence-electron chi connectivity index (χ1n) is 6.89. The van der Waals surface area contributed by atoms with E-state index < -0.39 is 5.54 Å². The molecule has 0 amide bonds. The molecule has 0 bridgehead atoms. The van der Waals surface area contributed by atoms with Gasteiger partial charge in [-0.2, -0.15) is 5.10 Å². The average molecular weight is 249 g/mol. The van der Waals surface area contributed by atoms with Gasteiger partial charge in [0.15, 0.2) is 5.78 Å². The van der Waals surface area contributed by atoms with Crippen LogP contribution in [0, 0.1) is 0 Å². The summed E-state index contributed by atoms with van der Waals surface area (Å²) in [6.07, 6.45) is 5.12. The summed E-state index contributed by atoms with van der Waals surface area (Å²) in [6, 6.07) is 1.84. The summed E-state index contributed by atoms with van der Waals surface area (Å²) < 4.78 is 1.83. The lowest BCUT2D eigenvalue weighted by Crippen LogP contribution is -2.49. The molecule has 1 aliphatic rings. The number of hydrogen-bond donors (Lipinski definition) is 0. The smallest absolute Gasteiger partial charge is 0.200 e. The molecule has 4 nitrogen and oxygen atoms in total. The van der Waals surface area contributed by atoms with Crippen LogP contribution >= 0.6 is 0 Å². The molecule has 100 valence electrons. The molecular weight excluding hydrogens is 226 g/mol. The fourth-order valence-corrected chi connectivity index (χ4v) is 2.65. The maximum atomic E-state index is 12.7. The fourth-order valence-electron chi connectivity index (χ4n) is 2.65. The van der Waals surface area contributed by atoms with E-state index in [-0.39, 0.29) is 5.78 Å². The Morgan fingerprint density at radius 2 is 2.06 bits per heavy atom. The largest absolute Gasteiger partial charge is 0.291 e. The second kappa shape index (κ2) is 5.22. The zero-order valence-corrected chi connectivity index (χ0v) is 11.6. The van der Waals surface area contributed by atoms with E-state index >= 15 is 0 Å². The van der Waals surface area contributed by atoms with Crippen LogP contribution in [0.1, 0.15) is 50.5 Å². The van der Waals surface area contributed by atoms with Crippen LogP contribution in [-0.2, 0) is 6.54 Å². The second-order valence-corrected chi connectivity index (χ2v) is 5.52. The van der Waals surface area contributed by atoms with Gasteiger partial charge in [0.1, 0.15) is 5.69 Å². The molecule has 1 aliphatic heterocycles. The summed E-state index contributed by atoms with van der Waals surface area (Å²) in [7, 11) is 0. The highest BCUT2D eigenvalue weighted by atomic mass is 16.1. The van der Waals surface area contributed by atoms with Gasteiger partial charge in [-0.1, -0.05) is 6.92 Å². The third kappa shape index (κ3) is 2.34. The zero-order chi connectivity index (χ0) is 13.2. The molecule has 0 atom stereocenters. The van der Waals surface area contributed by atoms with Crippen LogP contribution in [0.25, 0.3) is 0 Å². The van der Waals surface area contributed by atoms with Crippen molar-refractivity contribution in [2.24, 2.45) is 0 Å². The molecule has 0 spiro atoms. The number of Topliss-reactive ketones (excluding diaryl/α,β-unsaturated/α-hetero) is 1. The van der Waals surface area contributed by atoms with Crippen molar-refractivity contribution in [2.45, 2.75) is 52.1 Å². The first-order valence-corrected chi connectivity index (χ1v) is 6.89. The molecule has 2 heterocycles. The van der Waals surface area contributed by atoms with Crippen LogP contribution in [0.4, 0.5) is 0 Å². The van der Waals surface area contributed by atoms with Crippen LogP contribution in [0.5, 0.6) is 0 Å². The lowest BCUT2D eigenvalue weighted by atomic mass is 9.94. The molecular formula is C14H23N3O. The molecule has 0 aliphatic carbocycles. The highest BCUT2D eigenvalue weighted by molar-refractivity contribution is 6.01. The summed E-state index contributed by atoms with van der Waals surface area (Å²) in [6.45, 7) is 9.03. The van der Waals surface area contributed by atoms with Crippen molar-refractivity contribution in [3.05, 3.63) is 18.0 Å². The molecule has 0 unspecified atom stereocenters. The number of carbonyl (C=O) groups is 1. The van der Waals surface area contributed by atoms with Crippen LogP contribution in [0.15, 0.2) is 12.3 Å². The molecule has 0 saturated carbocycles. The highest BCUT2D eigenvalue weighted by Gasteiger charge is 2.37. The SMILES string of the molecule is CCCn1nccc1C(=O)C(C)(C)N1CCCC1. The molecule has 0 aromatic carbocycles. The minimum atomic E-state index is -0.415. The number of ketones is 1. The van der Waals surface area contributed by atoms with Crippen LogP contribution < -0.4 is 0 Å². The molecule has 1 aromatic rings. The summed E-state index contributed by atoms with van der Waals surface area (Å²) in [4.78, 5) is 15.0. The van der Waals surface area contributed by atoms with E-state index in [1.807, 2.05) is 24.6 Å². The van der Waals surface area contributed by atoms with Gasteiger partial charge in [0, 0.05) is 12.7 Å². The summed E-state index contributed by atoms with van der Waals surface area (Å²) >= 11 is 0. The summed E-state index contributed by atoms with van der Waals surface area (Å²) in [5, 5.41) is 4.24. The Labute approximate surface area is 109 Å². The number of rotatable bonds is 5. The summed E-state index contributed by atoms with van der Waals surface area (Å²) in [5.74, 6) is 0.190. The first-order chi connectivity index (χ1) is 8.57. The van der Waals surface area contributed by atoms with E-state index in [1.54, 1.807) is 6.20 Å². The predicted octanol–water partition coefficient (Wildman–Crippen LogP) is 2.35. The van der Waals surface area contributed by atoms with Crippen molar-refractivity contribution < 1.29 is 4.79 Å². The minimum Gasteiger partial charge on any atom is -0.291 e. The number of aryl methyl sites for hydroxylation is 1. The Hall–Kier alpha value is -1.16. The molecule has 18 heavy (non-hydrogen) atoms. The topological polar surface area (TPSA) is 38.1 Å². The van der Waals surface area contributed by atoms with Gasteiger partial charge in [0.25, 0.3) is 0 Å². The Kier molecular flexibility index (Phi) is 3.85. The van der Waals surface area contributed by atoms with Gasteiger partial charge in [0.05, 0.1) is 5.54 Å². The van der Waals surface area contributed by atoms with E-state index in [2.05, 4.69) is 16.9 Å². The Morgan fingerprint density at radius 1 is 1.39 bits per heavy atom. The van der Waals surface area contributed by atoms with Crippen molar-refractivity contribution in [2.75, 3.05) is 13.1 Å². The van der Waals surface area contributed by atoms with E-state index in [0.29, 0.717) is 0 Å². The number of carbonyl (C=O) groups excluding carboxylic acids is 1. The van der Waals surface area contributed by atoms with Gasteiger partial charge in [0.2, 0.25) is 0 Å². The van der Waals surface area contributed by atoms with Gasteiger partial charge >= 0.3 is 0 Å². The Balaban J connectivity index is 2.21. The standard InChI is InChI=1S/C14H23N3O/c1-4-9-17-12(7-8-15-17)13(18)14(2,3)16-10-5-6-11-16/h7-8H,4-6,9-11H2,1-3H3. The third-order valence-corrected chi connectivity index (χ3v) is 3.84. The molecule has 1 saturated heterocycles. The highest BCUT2D eigenvalue weighted by Crippen LogP contribution is 2.24. The molecule has 0 radical (unpaired) electrons. The van der Waals surface area contributed by atoms with Gasteiger partial charge < -0.3 is 0 Å². The van der Waals surface area contributed by atoms with Gasteiger partial charge in [-0.15, -0.1) is 0 Å². The molecule has 2 rings (SSSR count). The van der Waals surface area contributed by atoms with Crippen molar-refractivity contribution in [1.29, 1.82) is 0 Å². The fraction of sp³-hybridized carbons (Fsp3) is 0.714. The summed E-state index contributed by atoms with van der Waals surface area (Å²) in [5.41, 5.74) is 0.330. The number of likely N-dealkylation sites (tertiary alicyclic amines) is 1. The van der Waals surface area contributed by atoms with Gasteiger partial charge in [-0.05, 0) is 52.3 Å².